The molecule has 1 N–H and O–H groups in total. The van der Waals surface area contributed by atoms with E-state index in [-0.39, 0.29) is 5.88 Å². The van der Waals surface area contributed by atoms with E-state index in [1.54, 1.807) is 4.90 Å². The SMILES string of the molecule is CCc1ccc(CCOc2ccc(Cc3sc(=O)n(C(=O)N4CCN(C)CC4)c3O)cc2)nc1. The minimum Gasteiger partial charge on any atom is -0.493 e. The van der Waals surface area contributed by atoms with E-state index in [1.165, 1.54) is 5.56 Å². The molecule has 2 aromatic heterocycles. The lowest BCUT2D eigenvalue weighted by Crippen LogP contribution is -2.49. The van der Waals surface area contributed by atoms with Crippen molar-refractivity contribution in [2.24, 2.45) is 0 Å². The van der Waals surface area contributed by atoms with Gasteiger partial charge in [0.25, 0.3) is 0 Å². The number of carbonyl (C=O) groups excluding carboxylic acids is 1. The molecule has 34 heavy (non-hydrogen) atoms. The van der Waals surface area contributed by atoms with Crippen LogP contribution in [0.4, 0.5) is 4.79 Å². The third kappa shape index (κ3) is 5.66. The molecule has 0 aliphatic carbocycles. The van der Waals surface area contributed by atoms with Crippen molar-refractivity contribution in [3.05, 3.63) is 74.0 Å². The molecule has 1 aliphatic heterocycles. The summed E-state index contributed by atoms with van der Waals surface area (Å²) in [6, 6.07) is 11.2. The van der Waals surface area contributed by atoms with Gasteiger partial charge >= 0.3 is 10.9 Å². The maximum Gasteiger partial charge on any atom is 0.334 e. The highest BCUT2D eigenvalue weighted by Crippen LogP contribution is 2.25. The number of hydrogen-bond donors (Lipinski definition) is 1. The number of amides is 1. The van der Waals surface area contributed by atoms with Crippen molar-refractivity contribution in [3.8, 4) is 11.6 Å². The molecule has 8 nitrogen and oxygen atoms in total. The Morgan fingerprint density at radius 2 is 1.79 bits per heavy atom. The molecule has 1 aliphatic rings. The first-order valence-electron chi connectivity index (χ1n) is 11.5. The fourth-order valence-electron chi connectivity index (χ4n) is 3.81. The highest BCUT2D eigenvalue weighted by Gasteiger charge is 2.26. The first kappa shape index (κ1) is 24.0. The number of aromatic nitrogens is 2. The van der Waals surface area contributed by atoms with Crippen LogP contribution in [0, 0.1) is 0 Å². The fourth-order valence-corrected chi connectivity index (χ4v) is 4.69. The Balaban J connectivity index is 1.34. The predicted octanol–water partition coefficient (Wildman–Crippen LogP) is 3.00. The van der Waals surface area contributed by atoms with Crippen molar-refractivity contribution < 1.29 is 14.6 Å². The van der Waals surface area contributed by atoms with E-state index < -0.39 is 10.9 Å². The minimum absolute atomic E-state index is 0.263. The topological polar surface area (TPSA) is 87.9 Å². The number of pyridine rings is 1. The molecule has 1 aromatic carbocycles. The third-order valence-corrected chi connectivity index (χ3v) is 6.96. The van der Waals surface area contributed by atoms with Gasteiger partial charge < -0.3 is 19.6 Å². The number of rotatable bonds is 7. The number of aromatic hydroxyl groups is 1. The molecule has 1 amide bonds. The van der Waals surface area contributed by atoms with E-state index in [0.29, 0.717) is 31.0 Å². The number of piperazine rings is 1. The number of likely N-dealkylation sites (N-methyl/N-ethyl adjacent to an activating group) is 1. The first-order chi connectivity index (χ1) is 16.4. The predicted molar refractivity (Wildman–Crippen MR) is 132 cm³/mol. The largest absolute Gasteiger partial charge is 0.493 e. The molecular formula is C25H30N4O4S. The smallest absolute Gasteiger partial charge is 0.334 e. The summed E-state index contributed by atoms with van der Waals surface area (Å²) in [4.78, 5) is 33.4. The fraction of sp³-hybridized carbons (Fsp3) is 0.400. The van der Waals surface area contributed by atoms with Crippen molar-refractivity contribution >= 4 is 17.4 Å². The molecule has 0 saturated carbocycles. The number of aryl methyl sites for hydroxylation is 1. The molecule has 1 fully saturated rings. The van der Waals surface area contributed by atoms with Crippen LogP contribution in [0.1, 0.15) is 28.6 Å². The van der Waals surface area contributed by atoms with Gasteiger partial charge in [-0.05, 0) is 42.8 Å². The van der Waals surface area contributed by atoms with E-state index in [4.69, 9.17) is 4.74 Å². The van der Waals surface area contributed by atoms with Crippen LogP contribution < -0.4 is 9.61 Å². The molecule has 0 spiro atoms. The van der Waals surface area contributed by atoms with Crippen LogP contribution >= 0.6 is 11.3 Å². The van der Waals surface area contributed by atoms with Crippen molar-refractivity contribution in [1.82, 2.24) is 19.4 Å². The standard InChI is InChI=1S/C25H30N4O4S/c1-3-18-4-7-20(26-17-18)10-15-33-21-8-5-19(6-9-21)16-22-23(30)29(25(32)34-22)24(31)28-13-11-27(2)12-14-28/h4-9,17,30H,3,10-16H2,1-2H3. The molecule has 3 heterocycles. The zero-order valence-corrected chi connectivity index (χ0v) is 20.4. The first-order valence-corrected chi connectivity index (χ1v) is 12.3. The van der Waals surface area contributed by atoms with Crippen molar-refractivity contribution in [3.63, 3.8) is 0 Å². The molecule has 4 rings (SSSR count). The summed E-state index contributed by atoms with van der Waals surface area (Å²) in [6.07, 6.45) is 3.97. The Kier molecular flexibility index (Phi) is 7.64. The lowest BCUT2D eigenvalue weighted by atomic mass is 10.1. The summed E-state index contributed by atoms with van der Waals surface area (Å²) in [5.74, 6) is 0.481. The second-order valence-corrected chi connectivity index (χ2v) is 9.50. The summed E-state index contributed by atoms with van der Waals surface area (Å²) in [6.45, 7) is 5.19. The van der Waals surface area contributed by atoms with Gasteiger partial charge in [-0.25, -0.2) is 4.79 Å². The Morgan fingerprint density at radius 3 is 2.44 bits per heavy atom. The number of thiazole rings is 1. The Bertz CT molecular complexity index is 1160. The van der Waals surface area contributed by atoms with Gasteiger partial charge in [0.15, 0.2) is 0 Å². The highest BCUT2D eigenvalue weighted by molar-refractivity contribution is 7.09. The van der Waals surface area contributed by atoms with E-state index in [2.05, 4.69) is 22.9 Å². The number of hydrogen-bond acceptors (Lipinski definition) is 7. The summed E-state index contributed by atoms with van der Waals surface area (Å²) < 4.78 is 6.72. The van der Waals surface area contributed by atoms with Gasteiger partial charge in [0, 0.05) is 50.9 Å². The van der Waals surface area contributed by atoms with Crippen LogP contribution in [0.25, 0.3) is 0 Å². The van der Waals surface area contributed by atoms with Crippen molar-refractivity contribution in [1.29, 1.82) is 0 Å². The van der Waals surface area contributed by atoms with E-state index in [0.717, 1.165) is 58.8 Å². The molecule has 9 heteroatoms. The van der Waals surface area contributed by atoms with E-state index >= 15 is 0 Å². The monoisotopic (exact) mass is 482 g/mol. The molecule has 3 aromatic rings. The van der Waals surface area contributed by atoms with Crippen molar-refractivity contribution in [2.75, 3.05) is 39.8 Å². The zero-order valence-electron chi connectivity index (χ0n) is 19.6. The minimum atomic E-state index is -0.461. The van der Waals surface area contributed by atoms with Gasteiger partial charge in [-0.1, -0.05) is 36.5 Å². The molecule has 180 valence electrons. The number of carbonyl (C=O) groups is 1. The van der Waals surface area contributed by atoms with Gasteiger partial charge in [-0.3, -0.25) is 9.78 Å². The molecule has 0 radical (unpaired) electrons. The number of ether oxygens (including phenoxy) is 1. The van der Waals surface area contributed by atoms with Crippen LogP contribution in [-0.2, 0) is 19.3 Å². The normalized spacial score (nSPS) is 14.4. The van der Waals surface area contributed by atoms with Gasteiger partial charge in [0.2, 0.25) is 5.88 Å². The second kappa shape index (κ2) is 10.8. The zero-order chi connectivity index (χ0) is 24.1. The summed E-state index contributed by atoms with van der Waals surface area (Å²) in [5, 5.41) is 10.6. The lowest BCUT2D eigenvalue weighted by molar-refractivity contribution is 0.153. The summed E-state index contributed by atoms with van der Waals surface area (Å²) >= 11 is 0.908. The molecule has 0 bridgehead atoms. The lowest BCUT2D eigenvalue weighted by Gasteiger charge is -2.32. The molecule has 0 unspecified atom stereocenters. The Labute approximate surface area is 203 Å². The molecular weight excluding hydrogens is 452 g/mol. The van der Waals surface area contributed by atoms with Crippen LogP contribution in [0.5, 0.6) is 11.6 Å². The summed E-state index contributed by atoms with van der Waals surface area (Å²) in [7, 11) is 1.99. The quantitative estimate of drug-likeness (QED) is 0.557. The van der Waals surface area contributed by atoms with Gasteiger partial charge in [0.1, 0.15) is 5.75 Å². The van der Waals surface area contributed by atoms with Gasteiger partial charge in [0.05, 0.1) is 11.5 Å². The third-order valence-electron chi connectivity index (χ3n) is 6.03. The number of nitrogens with zero attached hydrogens (tertiary/aromatic N) is 4. The van der Waals surface area contributed by atoms with Gasteiger partial charge in [-0.2, -0.15) is 4.57 Å². The molecule has 1 saturated heterocycles. The maximum atomic E-state index is 12.8. The number of benzene rings is 1. The van der Waals surface area contributed by atoms with E-state index in [9.17, 15) is 14.7 Å². The average Bonchev–Trinajstić information content (AvgIpc) is 3.13. The van der Waals surface area contributed by atoms with Gasteiger partial charge in [-0.15, -0.1) is 0 Å². The van der Waals surface area contributed by atoms with Crippen LogP contribution in [0.3, 0.4) is 0 Å². The summed E-state index contributed by atoms with van der Waals surface area (Å²) in [5.41, 5.74) is 3.13. The second-order valence-electron chi connectivity index (χ2n) is 8.45. The van der Waals surface area contributed by atoms with Crippen LogP contribution in [0.15, 0.2) is 47.4 Å². The Morgan fingerprint density at radius 1 is 1.09 bits per heavy atom. The highest BCUT2D eigenvalue weighted by atomic mass is 32.1. The molecule has 0 atom stereocenters. The average molecular weight is 483 g/mol. The van der Waals surface area contributed by atoms with Crippen molar-refractivity contribution in [2.45, 2.75) is 26.2 Å². The van der Waals surface area contributed by atoms with Crippen LogP contribution in [0.2, 0.25) is 0 Å². The Hall–Kier alpha value is -3.17. The maximum absolute atomic E-state index is 12.8. The van der Waals surface area contributed by atoms with Crippen LogP contribution in [-0.4, -0.2) is 70.3 Å². The van der Waals surface area contributed by atoms with E-state index in [1.807, 2.05) is 43.6 Å².